The molecule has 2 rings (SSSR count). The molecule has 1 aromatic rings. The standard InChI is InChI=1S/C13H17NO2S/c1-2-16-12-5-3-11(4-6-12)13(15)14-7-9-17-10-8-14/h3-6H,2,7-10H2,1H3. The second-order valence-corrected chi connectivity index (χ2v) is 5.09. The predicted molar refractivity (Wildman–Crippen MR) is 70.8 cm³/mol. The SMILES string of the molecule is CCOc1ccc(C(=O)N2CCSCC2)cc1. The van der Waals surface area contributed by atoms with Crippen LogP contribution >= 0.6 is 11.8 Å². The summed E-state index contributed by atoms with van der Waals surface area (Å²) in [7, 11) is 0. The maximum Gasteiger partial charge on any atom is 0.253 e. The molecule has 0 atom stereocenters. The van der Waals surface area contributed by atoms with Gasteiger partial charge < -0.3 is 9.64 Å². The van der Waals surface area contributed by atoms with E-state index >= 15 is 0 Å². The van der Waals surface area contributed by atoms with Crippen LogP contribution in [0.3, 0.4) is 0 Å². The zero-order chi connectivity index (χ0) is 12.1. The normalized spacial score (nSPS) is 15.7. The third-order valence-electron chi connectivity index (χ3n) is 2.71. The Morgan fingerprint density at radius 2 is 1.94 bits per heavy atom. The van der Waals surface area contributed by atoms with E-state index in [9.17, 15) is 4.79 Å². The van der Waals surface area contributed by atoms with Crippen LogP contribution in [0.4, 0.5) is 0 Å². The molecule has 1 aliphatic heterocycles. The van der Waals surface area contributed by atoms with Gasteiger partial charge >= 0.3 is 0 Å². The first-order valence-electron chi connectivity index (χ1n) is 5.91. The van der Waals surface area contributed by atoms with Crippen molar-refractivity contribution in [2.45, 2.75) is 6.92 Å². The fourth-order valence-electron chi connectivity index (χ4n) is 1.81. The molecule has 0 N–H and O–H groups in total. The van der Waals surface area contributed by atoms with Gasteiger partial charge in [0.25, 0.3) is 5.91 Å². The number of hydrogen-bond donors (Lipinski definition) is 0. The summed E-state index contributed by atoms with van der Waals surface area (Å²) < 4.78 is 5.36. The summed E-state index contributed by atoms with van der Waals surface area (Å²) in [6.45, 7) is 4.31. The molecule has 0 aliphatic carbocycles. The maximum absolute atomic E-state index is 12.1. The molecule has 1 aromatic carbocycles. The highest BCUT2D eigenvalue weighted by Crippen LogP contribution is 2.16. The van der Waals surface area contributed by atoms with Crippen LogP contribution in [0.25, 0.3) is 0 Å². The van der Waals surface area contributed by atoms with Crippen LogP contribution in [-0.2, 0) is 0 Å². The summed E-state index contributed by atoms with van der Waals surface area (Å²) in [4.78, 5) is 14.1. The van der Waals surface area contributed by atoms with E-state index in [1.54, 1.807) is 0 Å². The molecule has 3 nitrogen and oxygen atoms in total. The molecule has 4 heteroatoms. The second kappa shape index (κ2) is 5.96. The van der Waals surface area contributed by atoms with Crippen LogP contribution < -0.4 is 4.74 Å². The number of ether oxygens (including phenoxy) is 1. The van der Waals surface area contributed by atoms with E-state index in [4.69, 9.17) is 4.74 Å². The van der Waals surface area contributed by atoms with Gasteiger partial charge in [-0.15, -0.1) is 0 Å². The number of amides is 1. The molecular formula is C13H17NO2S. The Morgan fingerprint density at radius 3 is 2.53 bits per heavy atom. The average Bonchev–Trinajstić information content (AvgIpc) is 2.40. The lowest BCUT2D eigenvalue weighted by Crippen LogP contribution is -2.37. The molecule has 17 heavy (non-hydrogen) atoms. The first kappa shape index (κ1) is 12.3. The van der Waals surface area contributed by atoms with Gasteiger partial charge in [0.15, 0.2) is 0 Å². The van der Waals surface area contributed by atoms with Crippen molar-refractivity contribution in [1.82, 2.24) is 4.90 Å². The van der Waals surface area contributed by atoms with Crippen LogP contribution in [0, 0.1) is 0 Å². The van der Waals surface area contributed by atoms with Crippen molar-refractivity contribution in [3.8, 4) is 5.75 Å². The fourth-order valence-corrected chi connectivity index (χ4v) is 2.71. The number of carbonyl (C=O) groups excluding carboxylic acids is 1. The summed E-state index contributed by atoms with van der Waals surface area (Å²) in [5.74, 6) is 3.04. The van der Waals surface area contributed by atoms with E-state index in [0.717, 1.165) is 35.9 Å². The predicted octanol–water partition coefficient (Wildman–Crippen LogP) is 2.27. The third kappa shape index (κ3) is 3.16. The largest absolute Gasteiger partial charge is 0.494 e. The second-order valence-electron chi connectivity index (χ2n) is 3.86. The van der Waals surface area contributed by atoms with Crippen molar-refractivity contribution in [2.24, 2.45) is 0 Å². The Labute approximate surface area is 106 Å². The highest BCUT2D eigenvalue weighted by molar-refractivity contribution is 7.99. The molecule has 1 saturated heterocycles. The molecule has 1 amide bonds. The monoisotopic (exact) mass is 251 g/mol. The van der Waals surface area contributed by atoms with Gasteiger partial charge in [0.2, 0.25) is 0 Å². The Kier molecular flexibility index (Phi) is 4.31. The average molecular weight is 251 g/mol. The van der Waals surface area contributed by atoms with E-state index in [1.807, 2.05) is 47.9 Å². The fraction of sp³-hybridized carbons (Fsp3) is 0.462. The molecule has 1 heterocycles. The Hall–Kier alpha value is -1.16. The van der Waals surface area contributed by atoms with Crippen LogP contribution in [0.1, 0.15) is 17.3 Å². The van der Waals surface area contributed by atoms with E-state index in [2.05, 4.69) is 0 Å². The molecule has 0 spiro atoms. The molecule has 92 valence electrons. The first-order valence-corrected chi connectivity index (χ1v) is 7.06. The van der Waals surface area contributed by atoms with E-state index in [0.29, 0.717) is 6.61 Å². The minimum atomic E-state index is 0.133. The van der Waals surface area contributed by atoms with Crippen molar-refractivity contribution < 1.29 is 9.53 Å². The lowest BCUT2D eigenvalue weighted by atomic mass is 10.2. The van der Waals surface area contributed by atoms with Crippen molar-refractivity contribution in [2.75, 3.05) is 31.2 Å². The minimum Gasteiger partial charge on any atom is -0.494 e. The van der Waals surface area contributed by atoms with Gasteiger partial charge in [0.1, 0.15) is 5.75 Å². The number of rotatable bonds is 3. The highest BCUT2D eigenvalue weighted by atomic mass is 32.2. The summed E-state index contributed by atoms with van der Waals surface area (Å²) in [6.07, 6.45) is 0. The number of nitrogens with zero attached hydrogens (tertiary/aromatic N) is 1. The topological polar surface area (TPSA) is 29.5 Å². The van der Waals surface area contributed by atoms with Crippen molar-refractivity contribution >= 4 is 17.7 Å². The molecule has 0 unspecified atom stereocenters. The van der Waals surface area contributed by atoms with E-state index < -0.39 is 0 Å². The summed E-state index contributed by atoms with van der Waals surface area (Å²) in [5, 5.41) is 0. The highest BCUT2D eigenvalue weighted by Gasteiger charge is 2.17. The van der Waals surface area contributed by atoms with Gasteiger partial charge in [0.05, 0.1) is 6.61 Å². The van der Waals surface area contributed by atoms with E-state index in [1.165, 1.54) is 0 Å². The van der Waals surface area contributed by atoms with Crippen LogP contribution in [0.5, 0.6) is 5.75 Å². The molecular weight excluding hydrogens is 234 g/mol. The van der Waals surface area contributed by atoms with Crippen molar-refractivity contribution in [1.29, 1.82) is 0 Å². The summed E-state index contributed by atoms with van der Waals surface area (Å²) in [5.41, 5.74) is 0.750. The van der Waals surface area contributed by atoms with Gasteiger partial charge in [-0.3, -0.25) is 4.79 Å². The van der Waals surface area contributed by atoms with Crippen LogP contribution in [0.15, 0.2) is 24.3 Å². The Balaban J connectivity index is 2.03. The number of hydrogen-bond acceptors (Lipinski definition) is 3. The number of benzene rings is 1. The minimum absolute atomic E-state index is 0.133. The van der Waals surface area contributed by atoms with Crippen LogP contribution in [0.2, 0.25) is 0 Å². The maximum atomic E-state index is 12.1. The molecule has 1 fully saturated rings. The van der Waals surface area contributed by atoms with Crippen molar-refractivity contribution in [3.63, 3.8) is 0 Å². The lowest BCUT2D eigenvalue weighted by Gasteiger charge is -2.26. The number of carbonyl (C=O) groups is 1. The van der Waals surface area contributed by atoms with Gasteiger partial charge in [-0.25, -0.2) is 0 Å². The van der Waals surface area contributed by atoms with Gasteiger partial charge in [-0.05, 0) is 31.2 Å². The zero-order valence-electron chi connectivity index (χ0n) is 10.0. The molecule has 0 radical (unpaired) electrons. The van der Waals surface area contributed by atoms with Crippen LogP contribution in [-0.4, -0.2) is 42.0 Å². The quantitative estimate of drug-likeness (QED) is 0.825. The van der Waals surface area contributed by atoms with Crippen molar-refractivity contribution in [3.05, 3.63) is 29.8 Å². The Bertz CT molecular complexity index is 372. The smallest absolute Gasteiger partial charge is 0.253 e. The number of thioether (sulfide) groups is 1. The van der Waals surface area contributed by atoms with Gasteiger partial charge in [-0.1, -0.05) is 0 Å². The van der Waals surface area contributed by atoms with E-state index in [-0.39, 0.29) is 5.91 Å². The Morgan fingerprint density at radius 1 is 1.29 bits per heavy atom. The molecule has 1 aliphatic rings. The summed E-state index contributed by atoms with van der Waals surface area (Å²) >= 11 is 1.91. The third-order valence-corrected chi connectivity index (χ3v) is 3.65. The van der Waals surface area contributed by atoms with Gasteiger partial charge in [0, 0.05) is 30.2 Å². The summed E-state index contributed by atoms with van der Waals surface area (Å²) in [6, 6.07) is 7.40. The molecule has 0 bridgehead atoms. The molecule has 0 aromatic heterocycles. The lowest BCUT2D eigenvalue weighted by molar-refractivity contribution is 0.0772. The van der Waals surface area contributed by atoms with Gasteiger partial charge in [-0.2, -0.15) is 11.8 Å². The first-order chi connectivity index (χ1) is 8.31. The molecule has 0 saturated carbocycles. The zero-order valence-corrected chi connectivity index (χ0v) is 10.8.